The Morgan fingerprint density at radius 1 is 0.806 bits per heavy atom. The first-order chi connectivity index (χ1) is 14.9. The number of hydrogen-bond acceptors (Lipinski definition) is 3. The van der Waals surface area contributed by atoms with Gasteiger partial charge in [0.1, 0.15) is 5.75 Å². The second-order valence-electron chi connectivity index (χ2n) is 7.71. The summed E-state index contributed by atoms with van der Waals surface area (Å²) in [6.45, 7) is 6.03. The van der Waals surface area contributed by atoms with Gasteiger partial charge in [-0.1, -0.05) is 68.4 Å². The lowest BCUT2D eigenvalue weighted by Gasteiger charge is -2.16. The third-order valence-electron chi connectivity index (χ3n) is 5.01. The maximum absolute atomic E-state index is 12.8. The molecule has 0 radical (unpaired) electrons. The molecular weight excluding hydrogens is 388 g/mol. The van der Waals surface area contributed by atoms with Crippen LogP contribution in [-0.4, -0.2) is 18.4 Å². The summed E-state index contributed by atoms with van der Waals surface area (Å²) < 4.78 is 5.58. The number of nitrogens with one attached hydrogen (secondary N) is 2. The van der Waals surface area contributed by atoms with Gasteiger partial charge in [-0.3, -0.25) is 9.59 Å². The highest BCUT2D eigenvalue weighted by Crippen LogP contribution is 2.20. The van der Waals surface area contributed by atoms with Crippen LogP contribution in [-0.2, 0) is 4.79 Å². The summed E-state index contributed by atoms with van der Waals surface area (Å²) in [5.41, 5.74) is 3.07. The van der Waals surface area contributed by atoms with Crippen molar-refractivity contribution in [1.82, 2.24) is 5.32 Å². The molecule has 5 heteroatoms. The summed E-state index contributed by atoms with van der Waals surface area (Å²) in [4.78, 5) is 25.2. The van der Waals surface area contributed by atoms with Crippen molar-refractivity contribution >= 4 is 17.5 Å². The number of benzene rings is 3. The number of rotatable bonds is 8. The van der Waals surface area contributed by atoms with Crippen LogP contribution in [0.15, 0.2) is 78.9 Å². The van der Waals surface area contributed by atoms with Gasteiger partial charge in [0.15, 0.2) is 6.61 Å². The SMILES string of the molecule is CC(C)c1ccc(OCC(=O)Nc2ccccc2C(=O)N[C@@H](C)c2ccccc2)cc1. The first-order valence-electron chi connectivity index (χ1n) is 10.4. The number of anilines is 1. The number of carbonyl (C=O) groups is 2. The van der Waals surface area contributed by atoms with Gasteiger partial charge >= 0.3 is 0 Å². The van der Waals surface area contributed by atoms with E-state index in [1.807, 2.05) is 61.5 Å². The van der Waals surface area contributed by atoms with Crippen molar-refractivity contribution < 1.29 is 14.3 Å². The molecule has 2 N–H and O–H groups in total. The molecule has 0 aliphatic heterocycles. The molecule has 3 aromatic carbocycles. The molecule has 0 saturated carbocycles. The number of carbonyl (C=O) groups excluding carboxylic acids is 2. The normalized spacial score (nSPS) is 11.6. The molecule has 0 aromatic heterocycles. The maximum atomic E-state index is 12.8. The van der Waals surface area contributed by atoms with Crippen LogP contribution in [0, 0.1) is 0 Å². The molecule has 2 amide bonds. The summed E-state index contributed by atoms with van der Waals surface area (Å²) >= 11 is 0. The predicted octanol–water partition coefficient (Wildman–Crippen LogP) is 5.32. The average molecular weight is 417 g/mol. The Hall–Kier alpha value is -3.60. The van der Waals surface area contributed by atoms with Crippen LogP contribution in [0.25, 0.3) is 0 Å². The first kappa shape index (κ1) is 22.1. The third-order valence-corrected chi connectivity index (χ3v) is 5.01. The quantitative estimate of drug-likeness (QED) is 0.522. The second-order valence-corrected chi connectivity index (χ2v) is 7.71. The smallest absolute Gasteiger partial charge is 0.262 e. The van der Waals surface area contributed by atoms with Crippen molar-refractivity contribution in [3.63, 3.8) is 0 Å². The molecule has 3 rings (SSSR count). The predicted molar refractivity (Wildman–Crippen MR) is 123 cm³/mol. The van der Waals surface area contributed by atoms with E-state index >= 15 is 0 Å². The Labute approximate surface area is 183 Å². The Morgan fingerprint density at radius 3 is 2.13 bits per heavy atom. The van der Waals surface area contributed by atoms with Gasteiger partial charge in [0, 0.05) is 0 Å². The Kier molecular flexibility index (Phi) is 7.44. The number of amides is 2. The van der Waals surface area contributed by atoms with Gasteiger partial charge in [-0.25, -0.2) is 0 Å². The van der Waals surface area contributed by atoms with Crippen molar-refractivity contribution in [2.45, 2.75) is 32.7 Å². The number of para-hydroxylation sites is 1. The van der Waals surface area contributed by atoms with Crippen molar-refractivity contribution in [3.05, 3.63) is 95.6 Å². The zero-order chi connectivity index (χ0) is 22.2. The summed E-state index contributed by atoms with van der Waals surface area (Å²) in [5, 5.41) is 5.76. The van der Waals surface area contributed by atoms with Crippen LogP contribution in [0.2, 0.25) is 0 Å². The molecule has 31 heavy (non-hydrogen) atoms. The van der Waals surface area contributed by atoms with Crippen LogP contribution >= 0.6 is 0 Å². The van der Waals surface area contributed by atoms with Crippen LogP contribution < -0.4 is 15.4 Å². The van der Waals surface area contributed by atoms with E-state index in [1.54, 1.807) is 24.3 Å². The zero-order valence-corrected chi connectivity index (χ0v) is 18.1. The van der Waals surface area contributed by atoms with Gasteiger partial charge in [0.05, 0.1) is 17.3 Å². The average Bonchev–Trinajstić information content (AvgIpc) is 2.79. The summed E-state index contributed by atoms with van der Waals surface area (Å²) in [6, 6.07) is 24.2. The van der Waals surface area contributed by atoms with E-state index in [2.05, 4.69) is 24.5 Å². The van der Waals surface area contributed by atoms with E-state index in [1.165, 1.54) is 5.56 Å². The van der Waals surface area contributed by atoms with Gasteiger partial charge in [0.25, 0.3) is 11.8 Å². The van der Waals surface area contributed by atoms with Gasteiger partial charge < -0.3 is 15.4 Å². The molecule has 160 valence electrons. The van der Waals surface area contributed by atoms with Gasteiger partial charge in [-0.15, -0.1) is 0 Å². The molecule has 0 aliphatic rings. The molecule has 0 bridgehead atoms. The molecule has 0 aliphatic carbocycles. The minimum absolute atomic E-state index is 0.141. The van der Waals surface area contributed by atoms with E-state index in [4.69, 9.17) is 4.74 Å². The van der Waals surface area contributed by atoms with Crippen LogP contribution in [0.5, 0.6) is 5.75 Å². The molecule has 0 unspecified atom stereocenters. The highest BCUT2D eigenvalue weighted by Gasteiger charge is 2.16. The van der Waals surface area contributed by atoms with E-state index < -0.39 is 0 Å². The van der Waals surface area contributed by atoms with Crippen LogP contribution in [0.1, 0.15) is 54.2 Å². The molecule has 1 atom stereocenters. The van der Waals surface area contributed by atoms with Crippen LogP contribution in [0.3, 0.4) is 0 Å². The van der Waals surface area contributed by atoms with Gasteiger partial charge in [-0.05, 0) is 48.2 Å². The standard InChI is InChI=1S/C26H28N2O3/c1-18(2)20-13-15-22(16-14-20)31-17-25(29)28-24-12-8-7-11-23(24)26(30)27-19(3)21-9-5-4-6-10-21/h4-16,18-19H,17H2,1-3H3,(H,27,30)(H,28,29)/t19-/m0/s1. The minimum Gasteiger partial charge on any atom is -0.484 e. The highest BCUT2D eigenvalue weighted by atomic mass is 16.5. The molecule has 0 heterocycles. The fraction of sp³-hybridized carbons (Fsp3) is 0.231. The second kappa shape index (κ2) is 10.4. The Bertz CT molecular complexity index is 1010. The molecule has 3 aromatic rings. The lowest BCUT2D eigenvalue weighted by molar-refractivity contribution is -0.118. The molecule has 0 saturated heterocycles. The lowest BCUT2D eigenvalue weighted by atomic mass is 10.0. The fourth-order valence-corrected chi connectivity index (χ4v) is 3.17. The number of hydrogen-bond donors (Lipinski definition) is 2. The topological polar surface area (TPSA) is 67.4 Å². The summed E-state index contributed by atoms with van der Waals surface area (Å²) in [6.07, 6.45) is 0. The monoisotopic (exact) mass is 416 g/mol. The van der Waals surface area contributed by atoms with Gasteiger partial charge in [0.2, 0.25) is 0 Å². The summed E-state index contributed by atoms with van der Waals surface area (Å²) in [7, 11) is 0. The molecule has 0 fully saturated rings. The molecular formula is C26H28N2O3. The zero-order valence-electron chi connectivity index (χ0n) is 18.1. The molecule has 0 spiro atoms. The lowest BCUT2D eigenvalue weighted by Crippen LogP contribution is -2.28. The van der Waals surface area contributed by atoms with Gasteiger partial charge in [-0.2, -0.15) is 0 Å². The van der Waals surface area contributed by atoms with Crippen LogP contribution in [0.4, 0.5) is 5.69 Å². The third kappa shape index (κ3) is 6.19. The fourth-order valence-electron chi connectivity index (χ4n) is 3.17. The summed E-state index contributed by atoms with van der Waals surface area (Å²) in [5.74, 6) is 0.480. The van der Waals surface area contributed by atoms with E-state index in [9.17, 15) is 9.59 Å². The number of ether oxygens (including phenoxy) is 1. The maximum Gasteiger partial charge on any atom is 0.262 e. The highest BCUT2D eigenvalue weighted by molar-refractivity contribution is 6.04. The Balaban J connectivity index is 1.60. The van der Waals surface area contributed by atoms with E-state index in [0.717, 1.165) is 5.56 Å². The van der Waals surface area contributed by atoms with Crippen molar-refractivity contribution in [1.29, 1.82) is 0 Å². The van der Waals surface area contributed by atoms with Crippen molar-refractivity contribution in [2.24, 2.45) is 0 Å². The first-order valence-corrected chi connectivity index (χ1v) is 10.4. The largest absolute Gasteiger partial charge is 0.484 e. The van der Waals surface area contributed by atoms with Crippen molar-refractivity contribution in [2.75, 3.05) is 11.9 Å². The minimum atomic E-state index is -0.329. The Morgan fingerprint density at radius 2 is 1.45 bits per heavy atom. The molecule has 5 nitrogen and oxygen atoms in total. The van der Waals surface area contributed by atoms with E-state index in [-0.39, 0.29) is 24.5 Å². The van der Waals surface area contributed by atoms with Crippen molar-refractivity contribution in [3.8, 4) is 5.75 Å². The van der Waals surface area contributed by atoms with E-state index in [0.29, 0.717) is 22.9 Å².